The average molecular weight is 314 g/mol. The topological polar surface area (TPSA) is 82.3 Å². The lowest BCUT2D eigenvalue weighted by Gasteiger charge is -2.10. The molecule has 0 aliphatic heterocycles. The minimum atomic E-state index is 0.492. The summed E-state index contributed by atoms with van der Waals surface area (Å²) in [5.41, 5.74) is 2.41. The van der Waals surface area contributed by atoms with Crippen molar-refractivity contribution in [2.75, 3.05) is 26.1 Å². The Morgan fingerprint density at radius 2 is 1.96 bits per heavy atom. The second-order valence-corrected chi connectivity index (χ2v) is 5.04. The molecule has 0 saturated carbocycles. The van der Waals surface area contributed by atoms with E-state index < -0.39 is 0 Å². The Balaban J connectivity index is 1.70. The number of aromatic nitrogens is 3. The van der Waals surface area contributed by atoms with E-state index in [0.717, 1.165) is 40.4 Å². The highest BCUT2D eigenvalue weighted by Gasteiger charge is 2.11. The lowest BCUT2D eigenvalue weighted by atomic mass is 10.1. The quantitative estimate of drug-likeness (QED) is 0.748. The predicted octanol–water partition coefficient (Wildman–Crippen LogP) is 2.60. The second-order valence-electron chi connectivity index (χ2n) is 5.04. The summed E-state index contributed by atoms with van der Waals surface area (Å²) in [4.78, 5) is 8.33. The fourth-order valence-corrected chi connectivity index (χ4v) is 2.42. The molecule has 7 heteroatoms. The van der Waals surface area contributed by atoms with E-state index in [2.05, 4.69) is 20.4 Å². The van der Waals surface area contributed by atoms with Gasteiger partial charge in [0.05, 0.1) is 19.9 Å². The van der Waals surface area contributed by atoms with E-state index in [-0.39, 0.29) is 0 Å². The van der Waals surface area contributed by atoms with Gasteiger partial charge in [-0.25, -0.2) is 4.98 Å². The minimum Gasteiger partial charge on any atom is -0.493 e. The summed E-state index contributed by atoms with van der Waals surface area (Å²) in [7, 11) is 3.26. The van der Waals surface area contributed by atoms with Crippen LogP contribution in [0.5, 0.6) is 11.5 Å². The third-order valence-corrected chi connectivity index (χ3v) is 3.60. The standard InChI is InChI=1S/C16H18N4O3/c1-10-14-15(18-9-19-16(14)23-20-10)17-7-6-11-4-5-12(21-2)13(8-11)22-3/h4-5,8-9H,6-7H2,1-3H3,(H,17,18,19). The number of benzene rings is 1. The van der Waals surface area contributed by atoms with Gasteiger partial charge in [-0.3, -0.25) is 0 Å². The molecule has 0 aliphatic carbocycles. The highest BCUT2D eigenvalue weighted by Crippen LogP contribution is 2.28. The van der Waals surface area contributed by atoms with Gasteiger partial charge in [-0.15, -0.1) is 0 Å². The number of anilines is 1. The van der Waals surface area contributed by atoms with Crippen molar-refractivity contribution in [3.8, 4) is 11.5 Å². The van der Waals surface area contributed by atoms with Crippen LogP contribution in [-0.2, 0) is 6.42 Å². The van der Waals surface area contributed by atoms with Crippen LogP contribution < -0.4 is 14.8 Å². The fraction of sp³-hybridized carbons (Fsp3) is 0.312. The van der Waals surface area contributed by atoms with Crippen molar-refractivity contribution in [2.45, 2.75) is 13.3 Å². The molecule has 1 N–H and O–H groups in total. The van der Waals surface area contributed by atoms with Gasteiger partial charge in [-0.2, -0.15) is 4.98 Å². The molecule has 0 bridgehead atoms. The SMILES string of the molecule is COc1ccc(CCNc2ncnc3onc(C)c23)cc1OC. The number of fused-ring (bicyclic) bond motifs is 1. The van der Waals surface area contributed by atoms with Crippen LogP contribution in [0.1, 0.15) is 11.3 Å². The third kappa shape index (κ3) is 3.03. The fourth-order valence-electron chi connectivity index (χ4n) is 2.42. The first-order chi connectivity index (χ1) is 11.2. The molecule has 0 saturated heterocycles. The van der Waals surface area contributed by atoms with Crippen molar-refractivity contribution in [3.63, 3.8) is 0 Å². The van der Waals surface area contributed by atoms with E-state index in [4.69, 9.17) is 14.0 Å². The van der Waals surface area contributed by atoms with Crippen molar-refractivity contribution in [1.82, 2.24) is 15.1 Å². The van der Waals surface area contributed by atoms with Gasteiger partial charge >= 0.3 is 0 Å². The number of aryl methyl sites for hydroxylation is 1. The first-order valence-electron chi connectivity index (χ1n) is 7.24. The van der Waals surface area contributed by atoms with Gasteiger partial charge in [-0.1, -0.05) is 11.2 Å². The maximum Gasteiger partial charge on any atom is 0.263 e. The number of ether oxygens (including phenoxy) is 2. The highest BCUT2D eigenvalue weighted by molar-refractivity contribution is 5.87. The monoisotopic (exact) mass is 314 g/mol. The number of methoxy groups -OCH3 is 2. The maximum atomic E-state index is 5.32. The largest absolute Gasteiger partial charge is 0.493 e. The Bertz CT molecular complexity index is 816. The first kappa shape index (κ1) is 15.1. The molecule has 23 heavy (non-hydrogen) atoms. The summed E-state index contributed by atoms with van der Waals surface area (Å²) in [5, 5.41) is 8.04. The van der Waals surface area contributed by atoms with E-state index in [1.807, 2.05) is 25.1 Å². The van der Waals surface area contributed by atoms with Crippen molar-refractivity contribution >= 4 is 16.9 Å². The molecule has 2 aromatic heterocycles. The summed E-state index contributed by atoms with van der Waals surface area (Å²) in [6.07, 6.45) is 2.28. The lowest BCUT2D eigenvalue weighted by molar-refractivity contribution is 0.354. The molecule has 3 aromatic rings. The van der Waals surface area contributed by atoms with Gasteiger partial charge < -0.3 is 19.3 Å². The summed E-state index contributed by atoms with van der Waals surface area (Å²) in [6, 6.07) is 5.89. The number of hydrogen-bond acceptors (Lipinski definition) is 7. The van der Waals surface area contributed by atoms with Crippen LogP contribution in [0.2, 0.25) is 0 Å². The van der Waals surface area contributed by atoms with E-state index >= 15 is 0 Å². The molecule has 120 valence electrons. The predicted molar refractivity (Wildman–Crippen MR) is 86.1 cm³/mol. The average Bonchev–Trinajstić information content (AvgIpc) is 2.97. The van der Waals surface area contributed by atoms with Gasteiger partial charge in [-0.05, 0) is 31.0 Å². The van der Waals surface area contributed by atoms with Gasteiger partial charge in [0.15, 0.2) is 11.5 Å². The molecule has 7 nitrogen and oxygen atoms in total. The summed E-state index contributed by atoms with van der Waals surface area (Å²) >= 11 is 0. The van der Waals surface area contributed by atoms with Gasteiger partial charge in [0.1, 0.15) is 17.5 Å². The normalized spacial score (nSPS) is 10.7. The number of hydrogen-bond donors (Lipinski definition) is 1. The Morgan fingerprint density at radius 1 is 1.13 bits per heavy atom. The molecule has 0 amide bonds. The molecular weight excluding hydrogens is 296 g/mol. The van der Waals surface area contributed by atoms with Crippen LogP contribution in [0.25, 0.3) is 11.1 Å². The zero-order chi connectivity index (χ0) is 16.2. The Morgan fingerprint density at radius 3 is 2.74 bits per heavy atom. The van der Waals surface area contributed by atoms with Crippen LogP contribution in [0.15, 0.2) is 29.0 Å². The van der Waals surface area contributed by atoms with Crippen molar-refractivity contribution in [2.24, 2.45) is 0 Å². The van der Waals surface area contributed by atoms with E-state index in [1.54, 1.807) is 14.2 Å². The first-order valence-corrected chi connectivity index (χ1v) is 7.24. The van der Waals surface area contributed by atoms with Gasteiger partial charge in [0, 0.05) is 6.54 Å². The third-order valence-electron chi connectivity index (χ3n) is 3.60. The minimum absolute atomic E-state index is 0.492. The van der Waals surface area contributed by atoms with E-state index in [0.29, 0.717) is 12.3 Å². The van der Waals surface area contributed by atoms with E-state index in [1.165, 1.54) is 6.33 Å². The number of nitrogens with one attached hydrogen (secondary N) is 1. The molecule has 0 radical (unpaired) electrons. The maximum absolute atomic E-state index is 5.32. The summed E-state index contributed by atoms with van der Waals surface area (Å²) in [5.74, 6) is 2.18. The van der Waals surface area contributed by atoms with Crippen LogP contribution in [-0.4, -0.2) is 35.9 Å². The molecule has 0 atom stereocenters. The Kier molecular flexibility index (Phi) is 4.27. The molecule has 1 aromatic carbocycles. The van der Waals surface area contributed by atoms with Gasteiger partial charge in [0.2, 0.25) is 0 Å². The molecule has 0 unspecified atom stereocenters. The van der Waals surface area contributed by atoms with Crippen molar-refractivity contribution in [1.29, 1.82) is 0 Å². The van der Waals surface area contributed by atoms with Crippen LogP contribution in [0, 0.1) is 6.92 Å². The van der Waals surface area contributed by atoms with Crippen LogP contribution in [0.3, 0.4) is 0 Å². The van der Waals surface area contributed by atoms with E-state index in [9.17, 15) is 0 Å². The zero-order valence-corrected chi connectivity index (χ0v) is 13.3. The highest BCUT2D eigenvalue weighted by atomic mass is 16.5. The molecule has 0 aliphatic rings. The summed E-state index contributed by atoms with van der Waals surface area (Å²) < 4.78 is 15.7. The molecule has 2 heterocycles. The van der Waals surface area contributed by atoms with Crippen LogP contribution >= 0.6 is 0 Å². The summed E-state index contributed by atoms with van der Waals surface area (Å²) in [6.45, 7) is 2.58. The lowest BCUT2D eigenvalue weighted by Crippen LogP contribution is -2.07. The molecule has 0 fully saturated rings. The smallest absolute Gasteiger partial charge is 0.263 e. The number of rotatable bonds is 6. The Hall–Kier alpha value is -2.83. The molecule has 3 rings (SSSR count). The zero-order valence-electron chi connectivity index (χ0n) is 13.3. The molecular formula is C16H18N4O3. The number of nitrogens with zero attached hydrogens (tertiary/aromatic N) is 3. The molecule has 0 spiro atoms. The van der Waals surface area contributed by atoms with Crippen molar-refractivity contribution in [3.05, 3.63) is 35.8 Å². The van der Waals surface area contributed by atoms with Gasteiger partial charge in [0.25, 0.3) is 5.71 Å². The van der Waals surface area contributed by atoms with Crippen molar-refractivity contribution < 1.29 is 14.0 Å². The second kappa shape index (κ2) is 6.51. The Labute approximate surface area is 133 Å². The van der Waals surface area contributed by atoms with Crippen LogP contribution in [0.4, 0.5) is 5.82 Å².